The van der Waals surface area contributed by atoms with Crippen LogP contribution in [-0.4, -0.2) is 47.8 Å². The summed E-state index contributed by atoms with van der Waals surface area (Å²) in [6.07, 6.45) is 11.0. The second kappa shape index (κ2) is 7.43. The number of hydrogen-bond acceptors (Lipinski definition) is 3. The Morgan fingerprint density at radius 1 is 1.14 bits per heavy atom. The molecule has 3 heteroatoms. The summed E-state index contributed by atoms with van der Waals surface area (Å²) < 4.78 is 0. The number of aliphatic hydroxyl groups excluding tert-OH is 1. The van der Waals surface area contributed by atoms with Crippen molar-refractivity contribution in [2.45, 2.75) is 83.7 Å². The van der Waals surface area contributed by atoms with Crippen LogP contribution in [0.15, 0.2) is 0 Å². The first-order chi connectivity index (χ1) is 9.97. The largest absolute Gasteiger partial charge is 0.394 e. The smallest absolute Gasteiger partial charge is 0.0610 e. The summed E-state index contributed by atoms with van der Waals surface area (Å²) in [5.74, 6) is 0. The molecule has 124 valence electrons. The lowest BCUT2D eigenvalue weighted by Gasteiger charge is -2.40. The summed E-state index contributed by atoms with van der Waals surface area (Å²) >= 11 is 0. The minimum absolute atomic E-state index is 0.114. The Balaban J connectivity index is 1.67. The summed E-state index contributed by atoms with van der Waals surface area (Å²) in [6.45, 7) is 10.5. The zero-order valence-electron chi connectivity index (χ0n) is 14.5. The van der Waals surface area contributed by atoms with E-state index >= 15 is 0 Å². The predicted octanol–water partition coefficient (Wildman–Crippen LogP) is 3.17. The summed E-state index contributed by atoms with van der Waals surface area (Å²) in [4.78, 5) is 2.65. The minimum Gasteiger partial charge on any atom is -0.394 e. The van der Waals surface area contributed by atoms with Gasteiger partial charge in [-0.25, -0.2) is 0 Å². The fourth-order valence-corrected chi connectivity index (χ4v) is 4.46. The molecule has 2 rings (SSSR count). The van der Waals surface area contributed by atoms with Crippen molar-refractivity contribution in [1.29, 1.82) is 0 Å². The molecule has 0 bridgehead atoms. The zero-order chi connectivity index (χ0) is 15.3. The second-order valence-electron chi connectivity index (χ2n) is 8.17. The number of rotatable bonds is 7. The van der Waals surface area contributed by atoms with Crippen LogP contribution in [0.25, 0.3) is 0 Å². The van der Waals surface area contributed by atoms with Gasteiger partial charge in [0.05, 0.1) is 6.61 Å². The van der Waals surface area contributed by atoms with Crippen LogP contribution >= 0.6 is 0 Å². The van der Waals surface area contributed by atoms with Crippen LogP contribution in [-0.2, 0) is 0 Å². The molecule has 2 aliphatic rings. The highest BCUT2D eigenvalue weighted by molar-refractivity contribution is 4.90. The lowest BCUT2D eigenvalue weighted by atomic mass is 9.77. The maximum Gasteiger partial charge on any atom is 0.0610 e. The van der Waals surface area contributed by atoms with Crippen LogP contribution in [0, 0.1) is 5.41 Å². The van der Waals surface area contributed by atoms with Crippen LogP contribution in [0.5, 0.6) is 0 Å². The molecule has 1 atom stereocenters. The van der Waals surface area contributed by atoms with Gasteiger partial charge in [0.15, 0.2) is 0 Å². The lowest BCUT2D eigenvalue weighted by molar-refractivity contribution is 0.0998. The maximum atomic E-state index is 9.63. The molecule has 1 saturated heterocycles. The topological polar surface area (TPSA) is 35.5 Å². The van der Waals surface area contributed by atoms with Crippen molar-refractivity contribution in [2.75, 3.05) is 26.2 Å². The number of piperidine rings is 1. The third-order valence-electron chi connectivity index (χ3n) is 5.77. The average molecular weight is 296 g/mol. The van der Waals surface area contributed by atoms with Gasteiger partial charge < -0.3 is 15.3 Å². The van der Waals surface area contributed by atoms with Gasteiger partial charge in [-0.05, 0) is 70.5 Å². The number of aliphatic hydroxyl groups is 1. The number of nitrogens with zero attached hydrogens (tertiary/aromatic N) is 1. The third-order valence-corrected chi connectivity index (χ3v) is 5.77. The van der Waals surface area contributed by atoms with Crippen molar-refractivity contribution in [2.24, 2.45) is 5.41 Å². The molecule has 1 aliphatic carbocycles. The van der Waals surface area contributed by atoms with Crippen molar-refractivity contribution in [3.63, 3.8) is 0 Å². The normalized spacial score (nSPS) is 25.6. The Kier molecular flexibility index (Phi) is 6.10. The van der Waals surface area contributed by atoms with Gasteiger partial charge in [-0.3, -0.25) is 0 Å². The Bertz CT molecular complexity index is 302. The Labute approximate surface area is 131 Å². The molecular weight excluding hydrogens is 260 g/mol. The lowest BCUT2D eigenvalue weighted by Crippen LogP contribution is -2.49. The van der Waals surface area contributed by atoms with Crippen molar-refractivity contribution in [3.05, 3.63) is 0 Å². The monoisotopic (exact) mass is 296 g/mol. The fraction of sp³-hybridized carbons (Fsp3) is 1.00. The molecule has 21 heavy (non-hydrogen) atoms. The summed E-state index contributed by atoms with van der Waals surface area (Å²) in [5.41, 5.74) is 0.617. The SMILES string of the molecule is CC(C)NC(C)(CO)CCCN1CCC2(CCCC2)CC1. The van der Waals surface area contributed by atoms with Crippen LogP contribution < -0.4 is 5.32 Å². The minimum atomic E-state index is -0.114. The zero-order valence-corrected chi connectivity index (χ0v) is 14.5. The van der Waals surface area contributed by atoms with Gasteiger partial charge in [0.2, 0.25) is 0 Å². The van der Waals surface area contributed by atoms with E-state index < -0.39 is 0 Å². The van der Waals surface area contributed by atoms with Crippen molar-refractivity contribution in [3.8, 4) is 0 Å². The maximum absolute atomic E-state index is 9.63. The molecule has 0 amide bonds. The molecular formula is C18H36N2O. The fourth-order valence-electron chi connectivity index (χ4n) is 4.46. The first-order valence-electron chi connectivity index (χ1n) is 9.08. The van der Waals surface area contributed by atoms with Crippen LogP contribution in [0.1, 0.15) is 72.1 Å². The molecule has 1 spiro atoms. The van der Waals surface area contributed by atoms with E-state index in [2.05, 4.69) is 31.0 Å². The Morgan fingerprint density at radius 3 is 2.29 bits per heavy atom. The van der Waals surface area contributed by atoms with Gasteiger partial charge in [0, 0.05) is 11.6 Å². The second-order valence-corrected chi connectivity index (χ2v) is 8.17. The standard InChI is InChI=1S/C18H36N2O/c1-16(2)19-17(3,15-21)7-6-12-20-13-10-18(11-14-20)8-4-5-9-18/h16,19,21H,4-15H2,1-3H3. The van der Waals surface area contributed by atoms with E-state index in [-0.39, 0.29) is 12.1 Å². The van der Waals surface area contributed by atoms with Gasteiger partial charge in [-0.1, -0.05) is 26.7 Å². The first kappa shape index (κ1) is 17.2. The molecule has 3 nitrogen and oxygen atoms in total. The molecule has 0 radical (unpaired) electrons. The van der Waals surface area contributed by atoms with Gasteiger partial charge in [-0.15, -0.1) is 0 Å². The van der Waals surface area contributed by atoms with E-state index in [1.165, 1.54) is 64.6 Å². The Morgan fingerprint density at radius 2 is 1.76 bits per heavy atom. The molecule has 1 heterocycles. The summed E-state index contributed by atoms with van der Waals surface area (Å²) in [6, 6.07) is 0.430. The molecule has 1 saturated carbocycles. The number of nitrogens with one attached hydrogen (secondary N) is 1. The average Bonchev–Trinajstić information content (AvgIpc) is 2.89. The van der Waals surface area contributed by atoms with Crippen molar-refractivity contribution in [1.82, 2.24) is 10.2 Å². The van der Waals surface area contributed by atoms with Crippen molar-refractivity contribution >= 4 is 0 Å². The van der Waals surface area contributed by atoms with E-state index in [0.717, 1.165) is 11.8 Å². The summed E-state index contributed by atoms with van der Waals surface area (Å²) in [5, 5.41) is 13.1. The van der Waals surface area contributed by atoms with Gasteiger partial charge in [-0.2, -0.15) is 0 Å². The first-order valence-corrected chi connectivity index (χ1v) is 9.08. The number of likely N-dealkylation sites (tertiary alicyclic amines) is 1. The van der Waals surface area contributed by atoms with E-state index in [1.54, 1.807) is 0 Å². The van der Waals surface area contributed by atoms with Crippen LogP contribution in [0.2, 0.25) is 0 Å². The predicted molar refractivity (Wildman–Crippen MR) is 89.6 cm³/mol. The Hall–Kier alpha value is -0.120. The van der Waals surface area contributed by atoms with E-state index in [4.69, 9.17) is 0 Å². The van der Waals surface area contributed by atoms with Gasteiger partial charge >= 0.3 is 0 Å². The highest BCUT2D eigenvalue weighted by atomic mass is 16.3. The number of hydrogen-bond donors (Lipinski definition) is 2. The molecule has 2 fully saturated rings. The quantitative estimate of drug-likeness (QED) is 0.757. The van der Waals surface area contributed by atoms with E-state index in [0.29, 0.717) is 6.04 Å². The third kappa shape index (κ3) is 4.94. The molecule has 0 aromatic rings. The van der Waals surface area contributed by atoms with Crippen LogP contribution in [0.3, 0.4) is 0 Å². The molecule has 0 aromatic heterocycles. The highest BCUT2D eigenvalue weighted by Crippen LogP contribution is 2.46. The molecule has 1 aliphatic heterocycles. The summed E-state index contributed by atoms with van der Waals surface area (Å²) in [7, 11) is 0. The van der Waals surface area contributed by atoms with Crippen molar-refractivity contribution < 1.29 is 5.11 Å². The molecule has 2 N–H and O–H groups in total. The molecule has 0 aromatic carbocycles. The van der Waals surface area contributed by atoms with E-state index in [1.807, 2.05) is 0 Å². The van der Waals surface area contributed by atoms with Crippen LogP contribution in [0.4, 0.5) is 0 Å². The van der Waals surface area contributed by atoms with E-state index in [9.17, 15) is 5.11 Å². The van der Waals surface area contributed by atoms with Gasteiger partial charge in [0.1, 0.15) is 0 Å². The molecule has 1 unspecified atom stereocenters. The highest BCUT2D eigenvalue weighted by Gasteiger charge is 2.36. The van der Waals surface area contributed by atoms with Gasteiger partial charge in [0.25, 0.3) is 0 Å².